The molecule has 0 spiro atoms. The van der Waals surface area contributed by atoms with Crippen molar-refractivity contribution in [1.29, 1.82) is 0 Å². The summed E-state index contributed by atoms with van der Waals surface area (Å²) in [6.45, 7) is 5.98. The van der Waals surface area contributed by atoms with Crippen LogP contribution >= 0.6 is 0 Å². The third-order valence-corrected chi connectivity index (χ3v) is 4.90. The lowest BCUT2D eigenvalue weighted by Crippen LogP contribution is -2.45. The fourth-order valence-corrected chi connectivity index (χ4v) is 3.02. The van der Waals surface area contributed by atoms with E-state index >= 15 is 0 Å². The number of benzene rings is 1. The Labute approximate surface area is 151 Å². The van der Waals surface area contributed by atoms with E-state index in [9.17, 15) is 9.59 Å². The first-order valence-corrected chi connectivity index (χ1v) is 9.30. The molecule has 1 aromatic carbocycles. The Morgan fingerprint density at radius 1 is 1.12 bits per heavy atom. The number of carbonyl (C=O) groups is 2. The SMILES string of the molecule is CCc1ccccc1NC(=O)C(C)(C)C(=O)NCCC1=CCCCC1. The van der Waals surface area contributed by atoms with Crippen LogP contribution in [0.15, 0.2) is 35.9 Å². The van der Waals surface area contributed by atoms with E-state index in [1.807, 2.05) is 31.2 Å². The molecule has 0 atom stereocenters. The molecule has 1 aliphatic rings. The summed E-state index contributed by atoms with van der Waals surface area (Å²) in [5, 5.41) is 5.84. The number of amides is 2. The summed E-state index contributed by atoms with van der Waals surface area (Å²) in [7, 11) is 0. The van der Waals surface area contributed by atoms with Gasteiger partial charge in [-0.2, -0.15) is 0 Å². The first-order valence-electron chi connectivity index (χ1n) is 9.30. The van der Waals surface area contributed by atoms with Gasteiger partial charge in [-0.3, -0.25) is 9.59 Å². The average Bonchev–Trinajstić information content (AvgIpc) is 2.62. The van der Waals surface area contributed by atoms with E-state index in [1.165, 1.54) is 18.4 Å². The van der Waals surface area contributed by atoms with E-state index in [4.69, 9.17) is 0 Å². The number of hydrogen-bond acceptors (Lipinski definition) is 2. The standard InChI is InChI=1S/C21H30N2O2/c1-4-17-12-8-9-13-18(17)23-20(25)21(2,3)19(24)22-15-14-16-10-6-5-7-11-16/h8-10,12-13H,4-7,11,14-15H2,1-3H3,(H,22,24)(H,23,25). The number of aryl methyl sites for hydroxylation is 1. The summed E-state index contributed by atoms with van der Waals surface area (Å²) < 4.78 is 0. The molecule has 0 heterocycles. The molecular formula is C21H30N2O2. The zero-order chi connectivity index (χ0) is 18.3. The Kier molecular flexibility index (Phi) is 6.80. The molecular weight excluding hydrogens is 312 g/mol. The Morgan fingerprint density at radius 2 is 1.88 bits per heavy atom. The van der Waals surface area contributed by atoms with Crippen LogP contribution in [0, 0.1) is 5.41 Å². The zero-order valence-electron chi connectivity index (χ0n) is 15.7. The second-order valence-corrected chi connectivity index (χ2v) is 7.20. The molecule has 0 saturated heterocycles. The fraction of sp³-hybridized carbons (Fsp3) is 0.524. The van der Waals surface area contributed by atoms with Gasteiger partial charge in [-0.15, -0.1) is 0 Å². The summed E-state index contributed by atoms with van der Waals surface area (Å²) >= 11 is 0. The molecule has 2 rings (SSSR count). The van der Waals surface area contributed by atoms with E-state index < -0.39 is 5.41 Å². The van der Waals surface area contributed by atoms with Gasteiger partial charge in [0, 0.05) is 12.2 Å². The van der Waals surface area contributed by atoms with Crippen molar-refractivity contribution in [2.24, 2.45) is 5.41 Å². The van der Waals surface area contributed by atoms with Crippen molar-refractivity contribution in [2.75, 3.05) is 11.9 Å². The summed E-state index contributed by atoms with van der Waals surface area (Å²) in [5.41, 5.74) is 2.16. The molecule has 0 unspecified atom stereocenters. The average molecular weight is 342 g/mol. The molecule has 25 heavy (non-hydrogen) atoms. The molecule has 0 bridgehead atoms. The summed E-state index contributed by atoms with van der Waals surface area (Å²) in [6.07, 6.45) is 8.78. The van der Waals surface area contributed by atoms with Gasteiger partial charge in [-0.1, -0.05) is 36.8 Å². The van der Waals surface area contributed by atoms with Crippen molar-refractivity contribution in [3.8, 4) is 0 Å². The molecule has 0 saturated carbocycles. The van der Waals surface area contributed by atoms with Crippen LogP contribution in [-0.2, 0) is 16.0 Å². The third kappa shape index (κ3) is 5.18. The number of para-hydroxylation sites is 1. The van der Waals surface area contributed by atoms with Gasteiger partial charge in [0.2, 0.25) is 11.8 Å². The molecule has 2 N–H and O–H groups in total. The van der Waals surface area contributed by atoms with Crippen LogP contribution < -0.4 is 10.6 Å². The lowest BCUT2D eigenvalue weighted by atomic mass is 9.90. The zero-order valence-corrected chi connectivity index (χ0v) is 15.7. The van der Waals surface area contributed by atoms with Gasteiger partial charge in [-0.25, -0.2) is 0 Å². The number of nitrogens with one attached hydrogen (secondary N) is 2. The highest BCUT2D eigenvalue weighted by Crippen LogP contribution is 2.23. The van der Waals surface area contributed by atoms with Crippen LogP contribution in [0.3, 0.4) is 0 Å². The van der Waals surface area contributed by atoms with E-state index in [-0.39, 0.29) is 11.8 Å². The number of anilines is 1. The van der Waals surface area contributed by atoms with Crippen LogP contribution in [-0.4, -0.2) is 18.4 Å². The van der Waals surface area contributed by atoms with Gasteiger partial charge in [0.05, 0.1) is 0 Å². The lowest BCUT2D eigenvalue weighted by molar-refractivity contribution is -0.138. The summed E-state index contributed by atoms with van der Waals surface area (Å²) in [6, 6.07) is 7.70. The molecule has 1 aromatic rings. The number of allylic oxidation sites excluding steroid dienone is 1. The van der Waals surface area contributed by atoms with Crippen LogP contribution in [0.4, 0.5) is 5.69 Å². The van der Waals surface area contributed by atoms with E-state index in [0.717, 1.165) is 36.9 Å². The van der Waals surface area contributed by atoms with Crippen LogP contribution in [0.2, 0.25) is 0 Å². The van der Waals surface area contributed by atoms with Crippen LogP contribution in [0.5, 0.6) is 0 Å². The quantitative estimate of drug-likeness (QED) is 0.576. The molecule has 136 valence electrons. The van der Waals surface area contributed by atoms with Gasteiger partial charge in [0.15, 0.2) is 0 Å². The summed E-state index contributed by atoms with van der Waals surface area (Å²) in [4.78, 5) is 25.1. The highest BCUT2D eigenvalue weighted by molar-refractivity contribution is 6.10. The normalized spacial score (nSPS) is 14.6. The van der Waals surface area contributed by atoms with E-state index in [0.29, 0.717) is 6.54 Å². The Balaban J connectivity index is 1.90. The highest BCUT2D eigenvalue weighted by Gasteiger charge is 2.36. The van der Waals surface area contributed by atoms with Crippen molar-refractivity contribution in [1.82, 2.24) is 5.32 Å². The van der Waals surface area contributed by atoms with E-state index in [1.54, 1.807) is 13.8 Å². The predicted molar refractivity (Wildman–Crippen MR) is 102 cm³/mol. The Morgan fingerprint density at radius 3 is 2.56 bits per heavy atom. The maximum atomic E-state index is 12.6. The smallest absolute Gasteiger partial charge is 0.239 e. The van der Waals surface area contributed by atoms with Gasteiger partial charge < -0.3 is 10.6 Å². The van der Waals surface area contributed by atoms with Crippen LogP contribution in [0.25, 0.3) is 0 Å². The minimum atomic E-state index is -1.11. The van der Waals surface area contributed by atoms with Gasteiger partial charge in [-0.05, 0) is 64.0 Å². The maximum Gasteiger partial charge on any atom is 0.239 e. The van der Waals surface area contributed by atoms with Crippen molar-refractivity contribution in [3.63, 3.8) is 0 Å². The van der Waals surface area contributed by atoms with Gasteiger partial charge >= 0.3 is 0 Å². The largest absolute Gasteiger partial charge is 0.355 e. The van der Waals surface area contributed by atoms with Crippen molar-refractivity contribution in [3.05, 3.63) is 41.5 Å². The Hall–Kier alpha value is -2.10. The highest BCUT2D eigenvalue weighted by atomic mass is 16.2. The van der Waals surface area contributed by atoms with Gasteiger partial charge in [0.1, 0.15) is 5.41 Å². The molecule has 0 aliphatic heterocycles. The topological polar surface area (TPSA) is 58.2 Å². The molecule has 2 amide bonds. The molecule has 4 heteroatoms. The second kappa shape index (κ2) is 8.84. The molecule has 0 radical (unpaired) electrons. The Bertz CT molecular complexity index is 647. The maximum absolute atomic E-state index is 12.6. The first-order chi connectivity index (χ1) is 11.9. The molecule has 4 nitrogen and oxygen atoms in total. The third-order valence-electron chi connectivity index (χ3n) is 4.90. The molecule has 1 aliphatic carbocycles. The first kappa shape index (κ1) is 19.2. The number of hydrogen-bond donors (Lipinski definition) is 2. The minimum Gasteiger partial charge on any atom is -0.355 e. The second-order valence-electron chi connectivity index (χ2n) is 7.20. The number of rotatable bonds is 7. The van der Waals surface area contributed by atoms with Crippen molar-refractivity contribution < 1.29 is 9.59 Å². The van der Waals surface area contributed by atoms with Crippen molar-refractivity contribution >= 4 is 17.5 Å². The lowest BCUT2D eigenvalue weighted by Gasteiger charge is -2.24. The molecule has 0 aromatic heterocycles. The van der Waals surface area contributed by atoms with Gasteiger partial charge in [0.25, 0.3) is 0 Å². The molecule has 0 fully saturated rings. The van der Waals surface area contributed by atoms with Crippen LogP contribution in [0.1, 0.15) is 58.4 Å². The number of carbonyl (C=O) groups excluding carboxylic acids is 2. The van der Waals surface area contributed by atoms with E-state index in [2.05, 4.69) is 16.7 Å². The van der Waals surface area contributed by atoms with Crippen molar-refractivity contribution in [2.45, 2.75) is 59.3 Å². The minimum absolute atomic E-state index is 0.226. The predicted octanol–water partition coefficient (Wildman–Crippen LogP) is 4.22. The fourth-order valence-electron chi connectivity index (χ4n) is 3.02. The monoisotopic (exact) mass is 342 g/mol. The summed E-state index contributed by atoms with van der Waals surface area (Å²) in [5.74, 6) is -0.502.